The van der Waals surface area contributed by atoms with Gasteiger partial charge < -0.3 is 24.6 Å². The van der Waals surface area contributed by atoms with Crippen LogP contribution < -0.4 is 15.5 Å². The molecule has 39 heavy (non-hydrogen) atoms. The van der Waals surface area contributed by atoms with E-state index in [4.69, 9.17) is 4.74 Å². The van der Waals surface area contributed by atoms with Gasteiger partial charge in [-0.2, -0.15) is 0 Å². The molecule has 3 heterocycles. The predicted octanol–water partition coefficient (Wildman–Crippen LogP) is 3.57. The molecule has 5 rings (SSSR count). The van der Waals surface area contributed by atoms with Crippen molar-refractivity contribution in [1.29, 1.82) is 0 Å². The average molecular weight is 538 g/mol. The molecule has 0 radical (unpaired) electrons. The van der Waals surface area contributed by atoms with Crippen LogP contribution in [0.3, 0.4) is 0 Å². The molecule has 0 spiro atoms. The molecule has 0 aliphatic carbocycles. The van der Waals surface area contributed by atoms with Gasteiger partial charge in [0.2, 0.25) is 5.43 Å². The van der Waals surface area contributed by atoms with Crippen molar-refractivity contribution < 1.29 is 28.2 Å². The highest BCUT2D eigenvalue weighted by Crippen LogP contribution is 2.40. The van der Waals surface area contributed by atoms with Gasteiger partial charge in [-0.25, -0.2) is 8.78 Å². The first-order valence-corrected chi connectivity index (χ1v) is 12.8. The molecule has 1 saturated heterocycles. The number of ether oxygens (including phenoxy) is 1. The molecule has 2 N–H and O–H groups in total. The highest BCUT2D eigenvalue weighted by Gasteiger charge is 2.47. The molecular formula is C29H29F2N3O5. The van der Waals surface area contributed by atoms with Crippen LogP contribution in [0.1, 0.15) is 64.7 Å². The van der Waals surface area contributed by atoms with Gasteiger partial charge in [0.05, 0.1) is 11.6 Å². The number of halogens is 2. The maximum Gasteiger partial charge on any atom is 0.274 e. The molecule has 2 aromatic carbocycles. The third-order valence-electron chi connectivity index (χ3n) is 7.60. The number of aromatic nitrogens is 1. The lowest BCUT2D eigenvalue weighted by Crippen LogP contribution is -2.51. The monoisotopic (exact) mass is 537 g/mol. The highest BCUT2D eigenvalue weighted by atomic mass is 19.1. The highest BCUT2D eigenvalue weighted by molar-refractivity contribution is 5.99. The summed E-state index contributed by atoms with van der Waals surface area (Å²) in [6, 6.07) is 11.2. The molecule has 1 fully saturated rings. The number of carbonyl (C=O) groups excluding carboxylic acids is 2. The van der Waals surface area contributed by atoms with Crippen LogP contribution in [-0.2, 0) is 13.2 Å². The van der Waals surface area contributed by atoms with Gasteiger partial charge >= 0.3 is 0 Å². The van der Waals surface area contributed by atoms with E-state index in [1.165, 1.54) is 16.8 Å². The lowest BCUT2D eigenvalue weighted by Gasteiger charge is -2.41. The third kappa shape index (κ3) is 5.04. The fourth-order valence-corrected chi connectivity index (χ4v) is 5.22. The Morgan fingerprint density at radius 3 is 2.64 bits per heavy atom. The molecule has 2 aliphatic rings. The minimum absolute atomic E-state index is 0.0256. The summed E-state index contributed by atoms with van der Waals surface area (Å²) in [6.45, 7) is 3.44. The Labute approximate surface area is 223 Å². The zero-order valence-electron chi connectivity index (χ0n) is 21.6. The molecule has 204 valence electrons. The van der Waals surface area contributed by atoms with Crippen molar-refractivity contribution in [2.24, 2.45) is 0 Å². The summed E-state index contributed by atoms with van der Waals surface area (Å²) in [6.07, 6.45) is 2.23. The van der Waals surface area contributed by atoms with Crippen LogP contribution in [0.15, 0.2) is 59.5 Å². The van der Waals surface area contributed by atoms with Crippen molar-refractivity contribution in [3.63, 3.8) is 0 Å². The van der Waals surface area contributed by atoms with Crippen LogP contribution in [0.2, 0.25) is 0 Å². The van der Waals surface area contributed by atoms with Crippen molar-refractivity contribution >= 4 is 11.8 Å². The largest absolute Gasteiger partial charge is 0.483 e. The van der Waals surface area contributed by atoms with Crippen molar-refractivity contribution in [1.82, 2.24) is 14.8 Å². The standard InChI is InChI=1S/C29H29F2N3O5/c1-17-10-11-29(2,38)23-15-33(17)28(37)24-26(39-16-18-6-4-3-5-7-18)25(35)21(14-34(23)24)27(36)32-13-19-8-9-20(30)12-22(19)31/h3-9,12,14,17,23,38H,10-11,13,15-16H2,1-2H3,(H,32,36)/t17-,23?,29-/m0/s1. The number of nitrogens with zero attached hydrogens (tertiary/aromatic N) is 2. The molecule has 3 atom stereocenters. The van der Waals surface area contributed by atoms with Crippen LogP contribution in [0.4, 0.5) is 8.78 Å². The number of aliphatic hydroxyl groups is 1. The Balaban J connectivity index is 1.58. The van der Waals surface area contributed by atoms with Crippen molar-refractivity contribution in [2.45, 2.75) is 57.5 Å². The Morgan fingerprint density at radius 2 is 1.92 bits per heavy atom. The van der Waals surface area contributed by atoms with E-state index in [9.17, 15) is 28.3 Å². The van der Waals surface area contributed by atoms with Gasteiger partial charge in [-0.15, -0.1) is 0 Å². The molecule has 8 nitrogen and oxygen atoms in total. The Morgan fingerprint density at radius 1 is 1.18 bits per heavy atom. The van der Waals surface area contributed by atoms with Gasteiger partial charge in [-0.05, 0) is 38.3 Å². The van der Waals surface area contributed by atoms with Gasteiger partial charge in [0.15, 0.2) is 11.4 Å². The molecule has 2 aliphatic heterocycles. The van der Waals surface area contributed by atoms with Crippen LogP contribution >= 0.6 is 0 Å². The normalized spacial score (nSPS) is 22.2. The second-order valence-corrected chi connectivity index (χ2v) is 10.4. The summed E-state index contributed by atoms with van der Waals surface area (Å²) in [5.74, 6) is -3.11. The average Bonchev–Trinajstić information content (AvgIpc) is 3.01. The third-order valence-corrected chi connectivity index (χ3v) is 7.60. The molecule has 0 saturated carbocycles. The summed E-state index contributed by atoms with van der Waals surface area (Å²) in [4.78, 5) is 42.2. The number of fused-ring (bicyclic) bond motifs is 4. The SMILES string of the molecule is C[C@H]1CC[C@](C)(O)C2CN1C(=O)c1c(OCc3ccccc3)c(=O)c(C(=O)NCc3ccc(F)cc3F)cn12. The minimum Gasteiger partial charge on any atom is -0.483 e. The number of hydrogen-bond acceptors (Lipinski definition) is 5. The van der Waals surface area contributed by atoms with E-state index in [0.29, 0.717) is 18.9 Å². The fraction of sp³-hybridized carbons (Fsp3) is 0.345. The lowest BCUT2D eigenvalue weighted by atomic mass is 9.90. The predicted molar refractivity (Wildman–Crippen MR) is 138 cm³/mol. The maximum atomic E-state index is 14.1. The summed E-state index contributed by atoms with van der Waals surface area (Å²) in [5, 5.41) is 13.9. The van der Waals surface area contributed by atoms with Crippen LogP contribution in [0.5, 0.6) is 5.75 Å². The van der Waals surface area contributed by atoms with Gasteiger partial charge in [-0.1, -0.05) is 36.4 Å². The first-order valence-electron chi connectivity index (χ1n) is 12.8. The lowest BCUT2D eigenvalue weighted by molar-refractivity contribution is -0.00855. The van der Waals surface area contributed by atoms with Crippen LogP contribution in [-0.4, -0.2) is 44.6 Å². The number of carbonyl (C=O) groups is 2. The fourth-order valence-electron chi connectivity index (χ4n) is 5.22. The number of pyridine rings is 1. The Hall–Kier alpha value is -4.05. The van der Waals surface area contributed by atoms with E-state index in [0.717, 1.165) is 11.6 Å². The molecule has 2 amide bonds. The summed E-state index contributed by atoms with van der Waals surface area (Å²) < 4.78 is 34.8. The van der Waals surface area contributed by atoms with Gasteiger partial charge in [-0.3, -0.25) is 14.4 Å². The molecule has 1 aromatic heterocycles. The maximum absolute atomic E-state index is 14.1. The number of rotatable bonds is 6. The molecule has 3 aromatic rings. The molecular weight excluding hydrogens is 508 g/mol. The van der Waals surface area contributed by atoms with Crippen LogP contribution in [0.25, 0.3) is 0 Å². The van der Waals surface area contributed by atoms with Crippen molar-refractivity contribution in [3.8, 4) is 5.75 Å². The molecule has 10 heteroatoms. The number of nitrogens with one attached hydrogen (secondary N) is 1. The van der Waals surface area contributed by atoms with Crippen molar-refractivity contribution in [2.75, 3.05) is 6.54 Å². The second-order valence-electron chi connectivity index (χ2n) is 10.4. The molecule has 2 bridgehead atoms. The van der Waals surface area contributed by atoms with E-state index >= 15 is 0 Å². The number of amides is 2. The summed E-state index contributed by atoms with van der Waals surface area (Å²) >= 11 is 0. The van der Waals surface area contributed by atoms with E-state index < -0.39 is 40.5 Å². The van der Waals surface area contributed by atoms with E-state index in [-0.39, 0.29) is 48.3 Å². The van der Waals surface area contributed by atoms with Crippen LogP contribution in [0, 0.1) is 11.6 Å². The minimum atomic E-state index is -1.24. The quantitative estimate of drug-likeness (QED) is 0.501. The number of benzene rings is 2. The smallest absolute Gasteiger partial charge is 0.274 e. The van der Waals surface area contributed by atoms with Gasteiger partial charge in [0, 0.05) is 37.0 Å². The zero-order chi connectivity index (χ0) is 27.9. The number of hydrogen-bond donors (Lipinski definition) is 2. The summed E-state index contributed by atoms with van der Waals surface area (Å²) in [7, 11) is 0. The van der Waals surface area contributed by atoms with Gasteiger partial charge in [0.1, 0.15) is 23.8 Å². The van der Waals surface area contributed by atoms with Gasteiger partial charge in [0.25, 0.3) is 11.8 Å². The topological polar surface area (TPSA) is 101 Å². The summed E-state index contributed by atoms with van der Waals surface area (Å²) in [5.41, 5.74) is -1.60. The first kappa shape index (κ1) is 26.6. The van der Waals surface area contributed by atoms with E-state index in [1.54, 1.807) is 24.0 Å². The second kappa shape index (κ2) is 10.3. The Kier molecular flexibility index (Phi) is 6.98. The Bertz CT molecular complexity index is 1490. The first-order chi connectivity index (χ1) is 18.6. The zero-order valence-corrected chi connectivity index (χ0v) is 21.6. The van der Waals surface area contributed by atoms with E-state index in [1.807, 2.05) is 25.1 Å². The van der Waals surface area contributed by atoms with E-state index in [2.05, 4.69) is 5.32 Å². The molecule has 1 unspecified atom stereocenters. The van der Waals surface area contributed by atoms with Crippen molar-refractivity contribution in [3.05, 3.63) is 99.0 Å².